The molecule has 0 bridgehead atoms. The summed E-state index contributed by atoms with van der Waals surface area (Å²) in [5.41, 5.74) is 6.74. The van der Waals surface area contributed by atoms with Gasteiger partial charge < -0.3 is 20.1 Å². The van der Waals surface area contributed by atoms with E-state index in [1.807, 2.05) is 30.0 Å². The van der Waals surface area contributed by atoms with E-state index in [2.05, 4.69) is 6.92 Å². The normalized spacial score (nSPS) is 14.0. The Morgan fingerprint density at radius 3 is 2.76 bits per heavy atom. The van der Waals surface area contributed by atoms with Crippen molar-refractivity contribution in [3.8, 4) is 11.5 Å². The molecule has 1 unspecified atom stereocenters. The highest BCUT2D eigenvalue weighted by atomic mass is 16.7. The van der Waals surface area contributed by atoms with Crippen molar-refractivity contribution in [1.29, 1.82) is 0 Å². The summed E-state index contributed by atoms with van der Waals surface area (Å²) >= 11 is 0. The average molecular weight is 292 g/mol. The van der Waals surface area contributed by atoms with Crippen molar-refractivity contribution in [2.24, 2.45) is 11.7 Å². The lowest BCUT2D eigenvalue weighted by molar-refractivity contribution is -0.132. The molecule has 0 fully saturated rings. The molecule has 116 valence electrons. The van der Waals surface area contributed by atoms with E-state index in [1.54, 1.807) is 0 Å². The Labute approximate surface area is 126 Å². The van der Waals surface area contributed by atoms with Crippen molar-refractivity contribution >= 4 is 5.91 Å². The van der Waals surface area contributed by atoms with E-state index in [-0.39, 0.29) is 18.6 Å². The Kier molecular flexibility index (Phi) is 5.44. The number of fused-ring (bicyclic) bond motifs is 1. The highest BCUT2D eigenvalue weighted by Gasteiger charge is 2.18. The summed E-state index contributed by atoms with van der Waals surface area (Å²) in [4.78, 5) is 14.2. The quantitative estimate of drug-likeness (QED) is 0.836. The summed E-state index contributed by atoms with van der Waals surface area (Å²) in [6.45, 7) is 6.17. The van der Waals surface area contributed by atoms with Crippen LogP contribution in [0.25, 0.3) is 0 Å². The molecule has 1 aromatic carbocycles. The number of nitrogens with two attached hydrogens (primary N) is 1. The molecule has 1 heterocycles. The molecule has 0 saturated heterocycles. The van der Waals surface area contributed by atoms with E-state index in [1.165, 1.54) is 0 Å². The summed E-state index contributed by atoms with van der Waals surface area (Å²) in [6.07, 6.45) is 1.45. The van der Waals surface area contributed by atoms with Gasteiger partial charge in [-0.1, -0.05) is 19.4 Å². The van der Waals surface area contributed by atoms with Crippen LogP contribution in [-0.4, -0.2) is 30.7 Å². The molecule has 0 aromatic heterocycles. The van der Waals surface area contributed by atoms with Crippen LogP contribution < -0.4 is 15.2 Å². The van der Waals surface area contributed by atoms with Crippen molar-refractivity contribution in [2.45, 2.75) is 33.2 Å². The van der Waals surface area contributed by atoms with Gasteiger partial charge in [-0.05, 0) is 37.1 Å². The molecule has 1 amide bonds. The summed E-state index contributed by atoms with van der Waals surface area (Å²) in [7, 11) is 0. The van der Waals surface area contributed by atoms with Crippen LogP contribution in [0.4, 0.5) is 0 Å². The number of ether oxygens (including phenoxy) is 2. The van der Waals surface area contributed by atoms with Gasteiger partial charge in [0.15, 0.2) is 11.5 Å². The van der Waals surface area contributed by atoms with Gasteiger partial charge in [0.05, 0.1) is 0 Å². The Morgan fingerprint density at radius 1 is 1.33 bits per heavy atom. The Bertz CT molecular complexity index is 486. The Morgan fingerprint density at radius 2 is 2.10 bits per heavy atom. The van der Waals surface area contributed by atoms with Gasteiger partial charge in [0, 0.05) is 19.5 Å². The van der Waals surface area contributed by atoms with Crippen LogP contribution in [-0.2, 0) is 11.3 Å². The van der Waals surface area contributed by atoms with E-state index in [0.717, 1.165) is 23.5 Å². The lowest BCUT2D eigenvalue weighted by Crippen LogP contribution is -2.33. The molecule has 5 heteroatoms. The number of nitrogens with zero attached hydrogens (tertiary/aromatic N) is 1. The van der Waals surface area contributed by atoms with Crippen LogP contribution in [0.3, 0.4) is 0 Å². The van der Waals surface area contributed by atoms with Crippen LogP contribution in [0, 0.1) is 5.92 Å². The monoisotopic (exact) mass is 292 g/mol. The predicted octanol–water partition coefficient (Wildman–Crippen LogP) is 2.14. The standard InChI is InChI=1S/C16H24N2O3/c1-3-12(9-17)8-16(19)18(4-2)10-13-5-6-14-15(7-13)21-11-20-14/h5-7,12H,3-4,8-11,17H2,1-2H3. The minimum absolute atomic E-state index is 0.160. The lowest BCUT2D eigenvalue weighted by atomic mass is 10.0. The van der Waals surface area contributed by atoms with Gasteiger partial charge in [0.25, 0.3) is 0 Å². The minimum atomic E-state index is 0.160. The molecule has 2 N–H and O–H groups in total. The van der Waals surface area contributed by atoms with Crippen molar-refractivity contribution in [3.05, 3.63) is 23.8 Å². The van der Waals surface area contributed by atoms with Crippen molar-refractivity contribution in [3.63, 3.8) is 0 Å². The second-order valence-corrected chi connectivity index (χ2v) is 5.31. The Hall–Kier alpha value is -1.75. The number of hydrogen-bond donors (Lipinski definition) is 1. The van der Waals surface area contributed by atoms with Crippen molar-refractivity contribution in [2.75, 3.05) is 19.9 Å². The first-order valence-corrected chi connectivity index (χ1v) is 7.54. The maximum Gasteiger partial charge on any atom is 0.231 e. The summed E-state index contributed by atoms with van der Waals surface area (Å²) in [6, 6.07) is 5.81. The number of amides is 1. The minimum Gasteiger partial charge on any atom is -0.454 e. The SMILES string of the molecule is CCC(CN)CC(=O)N(CC)Cc1ccc2c(c1)OCO2. The van der Waals surface area contributed by atoms with Crippen molar-refractivity contribution in [1.82, 2.24) is 4.90 Å². The fourth-order valence-corrected chi connectivity index (χ4v) is 2.41. The van der Waals surface area contributed by atoms with Gasteiger partial charge >= 0.3 is 0 Å². The van der Waals surface area contributed by atoms with Crippen LogP contribution in [0.2, 0.25) is 0 Å². The molecule has 1 aromatic rings. The van der Waals surface area contributed by atoms with Crippen LogP contribution >= 0.6 is 0 Å². The molecular weight excluding hydrogens is 268 g/mol. The highest BCUT2D eigenvalue weighted by molar-refractivity contribution is 5.76. The molecule has 2 rings (SSSR count). The largest absolute Gasteiger partial charge is 0.454 e. The topological polar surface area (TPSA) is 64.8 Å². The average Bonchev–Trinajstić information content (AvgIpc) is 2.97. The van der Waals surface area contributed by atoms with Gasteiger partial charge in [-0.25, -0.2) is 0 Å². The van der Waals surface area contributed by atoms with Gasteiger partial charge in [-0.2, -0.15) is 0 Å². The molecule has 0 spiro atoms. The second-order valence-electron chi connectivity index (χ2n) is 5.31. The molecule has 0 radical (unpaired) electrons. The van der Waals surface area contributed by atoms with Gasteiger partial charge in [-0.15, -0.1) is 0 Å². The maximum absolute atomic E-state index is 12.4. The van der Waals surface area contributed by atoms with E-state index >= 15 is 0 Å². The number of benzene rings is 1. The summed E-state index contributed by atoms with van der Waals surface area (Å²) in [5, 5.41) is 0. The molecule has 1 aliphatic rings. The van der Waals surface area contributed by atoms with E-state index in [4.69, 9.17) is 15.2 Å². The molecule has 1 aliphatic heterocycles. The van der Waals surface area contributed by atoms with E-state index in [0.29, 0.717) is 26.1 Å². The Balaban J connectivity index is 2.00. The fourth-order valence-electron chi connectivity index (χ4n) is 2.41. The number of carbonyl (C=O) groups is 1. The molecule has 5 nitrogen and oxygen atoms in total. The smallest absolute Gasteiger partial charge is 0.231 e. The summed E-state index contributed by atoms with van der Waals surface area (Å²) < 4.78 is 10.7. The first-order valence-electron chi connectivity index (χ1n) is 7.54. The van der Waals surface area contributed by atoms with Crippen LogP contribution in [0.15, 0.2) is 18.2 Å². The predicted molar refractivity (Wildman–Crippen MR) is 81.1 cm³/mol. The molecular formula is C16H24N2O3. The zero-order chi connectivity index (χ0) is 15.2. The van der Waals surface area contributed by atoms with Gasteiger partial charge in [-0.3, -0.25) is 4.79 Å². The van der Waals surface area contributed by atoms with Gasteiger partial charge in [0.2, 0.25) is 12.7 Å². The first kappa shape index (κ1) is 15.6. The van der Waals surface area contributed by atoms with Crippen molar-refractivity contribution < 1.29 is 14.3 Å². The fraction of sp³-hybridized carbons (Fsp3) is 0.562. The first-order chi connectivity index (χ1) is 10.2. The molecule has 0 saturated carbocycles. The number of hydrogen-bond acceptors (Lipinski definition) is 4. The van der Waals surface area contributed by atoms with Crippen LogP contribution in [0.1, 0.15) is 32.3 Å². The van der Waals surface area contributed by atoms with E-state index in [9.17, 15) is 4.79 Å². The maximum atomic E-state index is 12.4. The molecule has 0 aliphatic carbocycles. The van der Waals surface area contributed by atoms with Crippen LogP contribution in [0.5, 0.6) is 11.5 Å². The highest BCUT2D eigenvalue weighted by Crippen LogP contribution is 2.32. The number of carbonyl (C=O) groups excluding carboxylic acids is 1. The zero-order valence-electron chi connectivity index (χ0n) is 12.8. The molecule has 1 atom stereocenters. The molecule has 21 heavy (non-hydrogen) atoms. The van der Waals surface area contributed by atoms with E-state index < -0.39 is 0 Å². The third kappa shape index (κ3) is 3.88. The summed E-state index contributed by atoms with van der Waals surface area (Å²) in [5.74, 6) is 1.95. The van der Waals surface area contributed by atoms with Gasteiger partial charge in [0.1, 0.15) is 0 Å². The second kappa shape index (κ2) is 7.31. The third-order valence-electron chi connectivity index (χ3n) is 3.92. The number of rotatable bonds is 7. The third-order valence-corrected chi connectivity index (χ3v) is 3.92. The lowest BCUT2D eigenvalue weighted by Gasteiger charge is -2.23. The zero-order valence-corrected chi connectivity index (χ0v) is 12.8.